The maximum absolute atomic E-state index is 13.1. The van der Waals surface area contributed by atoms with Crippen molar-refractivity contribution < 1.29 is 22.7 Å². The van der Waals surface area contributed by atoms with Crippen LogP contribution in [0.1, 0.15) is 62.1 Å². The van der Waals surface area contributed by atoms with E-state index in [0.717, 1.165) is 63.9 Å². The van der Waals surface area contributed by atoms with Gasteiger partial charge in [-0.15, -0.1) is 0 Å². The van der Waals surface area contributed by atoms with Gasteiger partial charge in [-0.2, -0.15) is 18.4 Å². The summed E-state index contributed by atoms with van der Waals surface area (Å²) in [5, 5.41) is 11.9. The van der Waals surface area contributed by atoms with Crippen LogP contribution in [0.25, 0.3) is 0 Å². The molecule has 0 aromatic heterocycles. The molecule has 2 fully saturated rings. The Labute approximate surface area is 187 Å². The lowest BCUT2D eigenvalue weighted by Gasteiger charge is -2.35. The zero-order valence-electron chi connectivity index (χ0n) is 18.8. The molecule has 1 aromatic carbocycles. The van der Waals surface area contributed by atoms with E-state index in [1.807, 2.05) is 0 Å². The molecule has 1 amide bonds. The number of nitrogens with one attached hydrogen (secondary N) is 1. The van der Waals surface area contributed by atoms with Crippen molar-refractivity contribution in [1.29, 1.82) is 5.26 Å². The third kappa shape index (κ3) is 6.02. The highest BCUT2D eigenvalue weighted by Gasteiger charge is 2.41. The third-order valence-electron chi connectivity index (χ3n) is 6.92. The number of carbonyl (C=O) groups excluding carboxylic acids is 1. The molecule has 5 nitrogen and oxygen atoms in total. The van der Waals surface area contributed by atoms with E-state index in [9.17, 15) is 18.0 Å². The molecule has 2 aliphatic rings. The highest BCUT2D eigenvalue weighted by molar-refractivity contribution is 5.79. The normalized spacial score (nSPS) is 24.5. The lowest BCUT2D eigenvalue weighted by molar-refractivity contribution is -0.137. The molecule has 1 saturated carbocycles. The van der Waals surface area contributed by atoms with Gasteiger partial charge in [0.1, 0.15) is 0 Å². The van der Waals surface area contributed by atoms with E-state index in [0.29, 0.717) is 12.1 Å². The number of hydrogen-bond donors (Lipinski definition) is 1. The number of carbonyl (C=O) groups is 1. The monoisotopic (exact) mass is 451 g/mol. The minimum atomic E-state index is -4.54. The smallest absolute Gasteiger partial charge is 0.381 e. The van der Waals surface area contributed by atoms with Gasteiger partial charge in [-0.25, -0.2) is 0 Å². The van der Waals surface area contributed by atoms with Crippen LogP contribution in [-0.4, -0.2) is 43.2 Å². The van der Waals surface area contributed by atoms with Crippen molar-refractivity contribution >= 4 is 5.91 Å². The maximum atomic E-state index is 13.1. The predicted octanol–water partition coefficient (Wildman–Crippen LogP) is 4.50. The van der Waals surface area contributed by atoms with E-state index in [2.05, 4.69) is 24.2 Å². The van der Waals surface area contributed by atoms with Crippen LogP contribution in [-0.2, 0) is 22.3 Å². The second-order valence-electron chi connectivity index (χ2n) is 9.04. The van der Waals surface area contributed by atoms with Gasteiger partial charge in [-0.05, 0) is 68.8 Å². The third-order valence-corrected chi connectivity index (χ3v) is 6.92. The molecule has 176 valence electrons. The minimum absolute atomic E-state index is 0.0206. The maximum Gasteiger partial charge on any atom is 0.416 e. The second-order valence-corrected chi connectivity index (χ2v) is 9.04. The van der Waals surface area contributed by atoms with Crippen molar-refractivity contribution in [3.05, 3.63) is 34.9 Å². The Morgan fingerprint density at radius 2 is 1.94 bits per heavy atom. The van der Waals surface area contributed by atoms with Crippen LogP contribution < -0.4 is 5.32 Å². The minimum Gasteiger partial charge on any atom is -0.381 e. The standard InChI is InChI=1S/C24H32F3N3O2/c1-3-4-18-12-21(30(2)20-5-7-32-8-6-20)13-22(18)23(31)29-15-17-9-16(14-28)10-19(11-17)24(25,26)27/h9-11,18,20-22H,3-8,12-13,15H2,1-2H3,(H,29,31)/t18?,21-,22-/m1/s1. The lowest BCUT2D eigenvalue weighted by atomic mass is 9.91. The highest BCUT2D eigenvalue weighted by atomic mass is 19.4. The summed E-state index contributed by atoms with van der Waals surface area (Å²) in [5.41, 5.74) is -0.652. The van der Waals surface area contributed by atoms with Gasteiger partial charge in [0.25, 0.3) is 0 Å². The number of alkyl halides is 3. The lowest BCUT2D eigenvalue weighted by Crippen LogP contribution is -2.42. The molecule has 1 saturated heterocycles. The van der Waals surface area contributed by atoms with Crippen molar-refractivity contribution in [1.82, 2.24) is 10.2 Å². The van der Waals surface area contributed by atoms with Crippen molar-refractivity contribution in [3.63, 3.8) is 0 Å². The Bertz CT molecular complexity index is 831. The quantitative estimate of drug-likeness (QED) is 0.663. The number of benzene rings is 1. The van der Waals surface area contributed by atoms with Gasteiger partial charge in [0.05, 0.1) is 17.2 Å². The fourth-order valence-corrected chi connectivity index (χ4v) is 5.17. The Morgan fingerprint density at radius 1 is 1.22 bits per heavy atom. The van der Waals surface area contributed by atoms with Gasteiger partial charge in [0.2, 0.25) is 5.91 Å². The first-order valence-corrected chi connectivity index (χ1v) is 11.4. The van der Waals surface area contributed by atoms with Gasteiger partial charge in [0.15, 0.2) is 0 Å². The summed E-state index contributed by atoms with van der Waals surface area (Å²) < 4.78 is 44.9. The molecule has 3 rings (SSSR count). The molecule has 1 unspecified atom stereocenters. The number of ether oxygens (including phenoxy) is 1. The van der Waals surface area contributed by atoms with Gasteiger partial charge < -0.3 is 15.0 Å². The molecule has 1 heterocycles. The topological polar surface area (TPSA) is 65.4 Å². The van der Waals surface area contributed by atoms with Gasteiger partial charge in [0, 0.05) is 37.8 Å². The van der Waals surface area contributed by atoms with E-state index < -0.39 is 11.7 Å². The van der Waals surface area contributed by atoms with Gasteiger partial charge in [-0.1, -0.05) is 13.3 Å². The first-order chi connectivity index (χ1) is 15.2. The SMILES string of the molecule is CCCC1C[C@@H](N(C)C2CCOCC2)C[C@H]1C(=O)NCc1cc(C#N)cc(C(F)(F)F)c1. The Balaban J connectivity index is 1.66. The summed E-state index contributed by atoms with van der Waals surface area (Å²) in [6, 6.07) is 5.79. The predicted molar refractivity (Wildman–Crippen MR) is 115 cm³/mol. The largest absolute Gasteiger partial charge is 0.416 e. The molecule has 8 heteroatoms. The molecule has 32 heavy (non-hydrogen) atoms. The Morgan fingerprint density at radius 3 is 2.56 bits per heavy atom. The van der Waals surface area contributed by atoms with Gasteiger partial charge in [-0.3, -0.25) is 4.79 Å². The summed E-state index contributed by atoms with van der Waals surface area (Å²) in [4.78, 5) is 15.5. The molecule has 3 atom stereocenters. The van der Waals surface area contributed by atoms with Crippen LogP contribution in [0.15, 0.2) is 18.2 Å². The Hall–Kier alpha value is -2.11. The summed E-state index contributed by atoms with van der Waals surface area (Å²) in [7, 11) is 2.13. The fourth-order valence-electron chi connectivity index (χ4n) is 5.17. The molecular formula is C24H32F3N3O2. The van der Waals surface area contributed by atoms with Crippen LogP contribution in [0.3, 0.4) is 0 Å². The van der Waals surface area contributed by atoms with Crippen LogP contribution in [0.4, 0.5) is 13.2 Å². The fraction of sp³-hybridized carbons (Fsp3) is 0.667. The van der Waals surface area contributed by atoms with Crippen LogP contribution in [0.5, 0.6) is 0 Å². The molecule has 0 spiro atoms. The first kappa shape index (κ1) is 24.5. The summed E-state index contributed by atoms with van der Waals surface area (Å²) in [5.74, 6) is 0.00851. The van der Waals surface area contributed by atoms with Crippen molar-refractivity contribution in [2.24, 2.45) is 11.8 Å². The number of amides is 1. The van der Waals surface area contributed by atoms with Gasteiger partial charge >= 0.3 is 6.18 Å². The van der Waals surface area contributed by atoms with E-state index in [1.165, 1.54) is 6.07 Å². The summed E-state index contributed by atoms with van der Waals surface area (Å²) in [6.07, 6.45) is 1.13. The number of halogens is 3. The summed E-state index contributed by atoms with van der Waals surface area (Å²) in [6.45, 7) is 3.63. The van der Waals surface area contributed by atoms with Crippen LogP contribution >= 0.6 is 0 Å². The number of nitriles is 1. The van der Waals surface area contributed by atoms with Crippen LogP contribution in [0, 0.1) is 23.2 Å². The van der Waals surface area contributed by atoms with Crippen molar-refractivity contribution in [2.75, 3.05) is 20.3 Å². The van der Waals surface area contributed by atoms with E-state index in [-0.39, 0.29) is 35.4 Å². The van der Waals surface area contributed by atoms with Crippen molar-refractivity contribution in [3.8, 4) is 6.07 Å². The molecule has 1 aliphatic heterocycles. The highest BCUT2D eigenvalue weighted by Crippen LogP contribution is 2.39. The number of hydrogen-bond acceptors (Lipinski definition) is 4. The number of nitrogens with zero attached hydrogens (tertiary/aromatic N) is 2. The molecule has 1 N–H and O–H groups in total. The van der Waals surface area contributed by atoms with E-state index in [4.69, 9.17) is 10.00 Å². The zero-order valence-corrected chi connectivity index (χ0v) is 18.8. The molecule has 1 aromatic rings. The van der Waals surface area contributed by atoms with E-state index >= 15 is 0 Å². The first-order valence-electron chi connectivity index (χ1n) is 11.4. The number of rotatable bonds is 7. The molecule has 0 bridgehead atoms. The van der Waals surface area contributed by atoms with E-state index in [1.54, 1.807) is 6.07 Å². The average molecular weight is 452 g/mol. The molecular weight excluding hydrogens is 419 g/mol. The molecule has 1 aliphatic carbocycles. The zero-order chi connectivity index (χ0) is 23.3. The molecule has 0 radical (unpaired) electrons. The van der Waals surface area contributed by atoms with Crippen LogP contribution in [0.2, 0.25) is 0 Å². The second kappa shape index (κ2) is 10.7. The summed E-state index contributed by atoms with van der Waals surface area (Å²) >= 11 is 0. The average Bonchev–Trinajstić information content (AvgIpc) is 3.21. The van der Waals surface area contributed by atoms with Crippen molar-refractivity contribution in [2.45, 2.75) is 70.3 Å². The Kier molecular flexibility index (Phi) is 8.18.